The van der Waals surface area contributed by atoms with Crippen LogP contribution in [-0.4, -0.2) is 17.6 Å². The molecular formula is C26H31NO4. The standard InChI is InChI=1S/C26H31NO4/c1-5-26(6-2,25-27-22(18-31-25)16-24(28)29-7-3)21-13-14-23(19(4)15-21)30-17-20-11-9-8-10-12-20/h8-15,18H,5-7,16-17H2,1-4H3. The highest BCUT2D eigenvalue weighted by molar-refractivity contribution is 5.71. The number of aromatic nitrogens is 1. The van der Waals surface area contributed by atoms with Gasteiger partial charge >= 0.3 is 5.97 Å². The van der Waals surface area contributed by atoms with Crippen molar-refractivity contribution in [3.8, 4) is 5.75 Å². The van der Waals surface area contributed by atoms with Crippen molar-refractivity contribution in [2.45, 2.75) is 59.0 Å². The molecule has 0 saturated carbocycles. The number of hydrogen-bond donors (Lipinski definition) is 0. The van der Waals surface area contributed by atoms with E-state index in [4.69, 9.17) is 13.9 Å². The van der Waals surface area contributed by atoms with Gasteiger partial charge in [0, 0.05) is 0 Å². The normalized spacial score (nSPS) is 11.4. The SMILES string of the molecule is CCOC(=O)Cc1coc(C(CC)(CC)c2ccc(OCc3ccccc3)c(C)c2)n1. The number of esters is 1. The second-order valence-electron chi connectivity index (χ2n) is 7.67. The molecule has 0 aliphatic rings. The first-order valence-electron chi connectivity index (χ1n) is 10.9. The predicted octanol–water partition coefficient (Wildman–Crippen LogP) is 5.77. The summed E-state index contributed by atoms with van der Waals surface area (Å²) in [5, 5.41) is 0. The van der Waals surface area contributed by atoms with E-state index in [2.05, 4.69) is 50.0 Å². The third-order valence-electron chi connectivity index (χ3n) is 5.76. The average molecular weight is 422 g/mol. The molecule has 0 aliphatic heterocycles. The third-order valence-corrected chi connectivity index (χ3v) is 5.76. The molecule has 3 aromatic rings. The average Bonchev–Trinajstić information content (AvgIpc) is 3.24. The van der Waals surface area contributed by atoms with Gasteiger partial charge in [-0.3, -0.25) is 4.79 Å². The van der Waals surface area contributed by atoms with Gasteiger partial charge in [0.1, 0.15) is 18.6 Å². The van der Waals surface area contributed by atoms with Crippen molar-refractivity contribution >= 4 is 5.97 Å². The highest BCUT2D eigenvalue weighted by atomic mass is 16.5. The lowest BCUT2D eigenvalue weighted by molar-refractivity contribution is -0.142. The fraction of sp³-hybridized carbons (Fsp3) is 0.385. The van der Waals surface area contributed by atoms with Gasteiger partial charge in [-0.15, -0.1) is 0 Å². The van der Waals surface area contributed by atoms with Crippen LogP contribution in [0.15, 0.2) is 59.2 Å². The minimum atomic E-state index is -0.365. The molecule has 0 radical (unpaired) electrons. The van der Waals surface area contributed by atoms with E-state index >= 15 is 0 Å². The van der Waals surface area contributed by atoms with Crippen LogP contribution in [0.4, 0.5) is 0 Å². The molecule has 0 N–H and O–H groups in total. The summed E-state index contributed by atoms with van der Waals surface area (Å²) in [4.78, 5) is 16.5. The maximum absolute atomic E-state index is 11.8. The molecule has 164 valence electrons. The quantitative estimate of drug-likeness (QED) is 0.389. The van der Waals surface area contributed by atoms with Crippen molar-refractivity contribution in [2.24, 2.45) is 0 Å². The number of ether oxygens (including phenoxy) is 2. The first kappa shape index (κ1) is 22.6. The Morgan fingerprint density at radius 3 is 2.45 bits per heavy atom. The van der Waals surface area contributed by atoms with Crippen LogP contribution in [0.1, 0.15) is 61.9 Å². The highest BCUT2D eigenvalue weighted by Crippen LogP contribution is 2.40. The van der Waals surface area contributed by atoms with Gasteiger partial charge in [-0.1, -0.05) is 56.3 Å². The van der Waals surface area contributed by atoms with Crippen LogP contribution in [0.5, 0.6) is 5.75 Å². The number of aryl methyl sites for hydroxylation is 1. The van der Waals surface area contributed by atoms with Crippen molar-refractivity contribution < 1.29 is 18.7 Å². The molecule has 0 aliphatic carbocycles. The molecule has 1 heterocycles. The maximum Gasteiger partial charge on any atom is 0.311 e. The Kier molecular flexibility index (Phi) is 7.50. The van der Waals surface area contributed by atoms with Gasteiger partial charge in [-0.25, -0.2) is 4.98 Å². The van der Waals surface area contributed by atoms with E-state index in [1.807, 2.05) is 24.3 Å². The largest absolute Gasteiger partial charge is 0.489 e. The molecule has 0 fully saturated rings. The maximum atomic E-state index is 11.8. The summed E-state index contributed by atoms with van der Waals surface area (Å²) in [5.41, 5.74) is 3.57. The molecule has 0 bridgehead atoms. The molecule has 0 atom stereocenters. The van der Waals surface area contributed by atoms with Crippen molar-refractivity contribution in [2.75, 3.05) is 6.61 Å². The molecule has 2 aromatic carbocycles. The second-order valence-corrected chi connectivity index (χ2v) is 7.67. The summed E-state index contributed by atoms with van der Waals surface area (Å²) in [6.45, 7) is 9.00. The minimum absolute atomic E-state index is 0.117. The molecule has 5 heteroatoms. The zero-order valence-corrected chi connectivity index (χ0v) is 18.8. The van der Waals surface area contributed by atoms with E-state index < -0.39 is 0 Å². The number of rotatable bonds is 10. The molecule has 5 nitrogen and oxygen atoms in total. The zero-order valence-electron chi connectivity index (χ0n) is 18.8. The highest BCUT2D eigenvalue weighted by Gasteiger charge is 2.36. The molecule has 0 saturated heterocycles. The Hall–Kier alpha value is -3.08. The molecule has 31 heavy (non-hydrogen) atoms. The summed E-state index contributed by atoms with van der Waals surface area (Å²) in [6.07, 6.45) is 3.34. The fourth-order valence-electron chi connectivity index (χ4n) is 3.90. The van der Waals surface area contributed by atoms with Gasteiger partial charge in [-0.2, -0.15) is 0 Å². The van der Waals surface area contributed by atoms with Gasteiger partial charge in [-0.05, 0) is 49.4 Å². The Morgan fingerprint density at radius 2 is 1.81 bits per heavy atom. The number of benzene rings is 2. The van der Waals surface area contributed by atoms with E-state index in [-0.39, 0.29) is 17.8 Å². The zero-order chi connectivity index (χ0) is 22.3. The summed E-state index contributed by atoms with van der Waals surface area (Å²) in [5.74, 6) is 1.20. The van der Waals surface area contributed by atoms with E-state index in [0.717, 1.165) is 35.3 Å². The monoisotopic (exact) mass is 421 g/mol. The third kappa shape index (κ3) is 5.16. The van der Waals surface area contributed by atoms with Gasteiger partial charge in [0.05, 0.1) is 24.1 Å². The molecule has 0 amide bonds. The lowest BCUT2D eigenvalue weighted by Crippen LogP contribution is -2.27. The van der Waals surface area contributed by atoms with Crippen molar-refractivity contribution in [3.05, 3.63) is 83.1 Å². The fourth-order valence-corrected chi connectivity index (χ4v) is 3.90. The molecule has 0 spiro atoms. The van der Waals surface area contributed by atoms with E-state index in [9.17, 15) is 4.79 Å². The number of nitrogens with zero attached hydrogens (tertiary/aromatic N) is 1. The molecule has 1 aromatic heterocycles. The Labute approximate surface area is 184 Å². The summed E-state index contributed by atoms with van der Waals surface area (Å²) in [6, 6.07) is 16.4. The van der Waals surface area contributed by atoms with Crippen molar-refractivity contribution in [1.82, 2.24) is 4.98 Å². The summed E-state index contributed by atoms with van der Waals surface area (Å²) < 4.78 is 16.9. The lowest BCUT2D eigenvalue weighted by Gasteiger charge is -2.29. The second kappa shape index (κ2) is 10.3. The minimum Gasteiger partial charge on any atom is -0.489 e. The van der Waals surface area contributed by atoms with Gasteiger partial charge in [0.2, 0.25) is 5.89 Å². The van der Waals surface area contributed by atoms with Crippen LogP contribution >= 0.6 is 0 Å². The van der Waals surface area contributed by atoms with Crippen LogP contribution in [0.3, 0.4) is 0 Å². The Morgan fingerprint density at radius 1 is 1.06 bits per heavy atom. The first-order valence-corrected chi connectivity index (χ1v) is 10.9. The summed E-state index contributed by atoms with van der Waals surface area (Å²) in [7, 11) is 0. The van der Waals surface area contributed by atoms with E-state index in [1.54, 1.807) is 13.2 Å². The number of oxazole rings is 1. The lowest BCUT2D eigenvalue weighted by atomic mass is 9.75. The van der Waals surface area contributed by atoms with Crippen LogP contribution < -0.4 is 4.74 Å². The van der Waals surface area contributed by atoms with E-state index in [1.165, 1.54) is 0 Å². The van der Waals surface area contributed by atoms with Crippen molar-refractivity contribution in [1.29, 1.82) is 0 Å². The van der Waals surface area contributed by atoms with E-state index in [0.29, 0.717) is 24.8 Å². The van der Waals surface area contributed by atoms with Crippen molar-refractivity contribution in [3.63, 3.8) is 0 Å². The van der Waals surface area contributed by atoms with Crippen LogP contribution in [-0.2, 0) is 28.0 Å². The summed E-state index contributed by atoms with van der Waals surface area (Å²) >= 11 is 0. The predicted molar refractivity (Wildman–Crippen MR) is 120 cm³/mol. The topological polar surface area (TPSA) is 61.6 Å². The first-order chi connectivity index (χ1) is 15.0. The Bertz CT molecular complexity index is 990. The van der Waals surface area contributed by atoms with Gasteiger partial charge in [0.15, 0.2) is 0 Å². The number of carbonyl (C=O) groups excluding carboxylic acids is 1. The Balaban J connectivity index is 1.82. The van der Waals surface area contributed by atoms with Crippen LogP contribution in [0, 0.1) is 6.92 Å². The van der Waals surface area contributed by atoms with Gasteiger partial charge < -0.3 is 13.9 Å². The smallest absolute Gasteiger partial charge is 0.311 e. The molecule has 0 unspecified atom stereocenters. The van der Waals surface area contributed by atoms with Crippen LogP contribution in [0.2, 0.25) is 0 Å². The van der Waals surface area contributed by atoms with Gasteiger partial charge in [0.25, 0.3) is 0 Å². The number of hydrogen-bond acceptors (Lipinski definition) is 5. The molecule has 3 rings (SSSR count). The number of carbonyl (C=O) groups is 1. The van der Waals surface area contributed by atoms with Crippen LogP contribution in [0.25, 0.3) is 0 Å². The molecular weight excluding hydrogens is 390 g/mol.